The van der Waals surface area contributed by atoms with Crippen molar-refractivity contribution in [3.05, 3.63) is 17.0 Å². The first-order chi connectivity index (χ1) is 11.9. The second kappa shape index (κ2) is 9.12. The largest absolute Gasteiger partial charge is 0.347 e. The van der Waals surface area contributed by atoms with E-state index in [0.29, 0.717) is 30.4 Å². The first kappa shape index (κ1) is 20.4. The number of thiophene rings is 1. The Hall–Kier alpha value is -0.960. The van der Waals surface area contributed by atoms with Gasteiger partial charge in [-0.1, -0.05) is 26.7 Å². The molecule has 0 radical (unpaired) electrons. The molecule has 0 bridgehead atoms. The summed E-state index contributed by atoms with van der Waals surface area (Å²) in [4.78, 5) is 12.8. The van der Waals surface area contributed by atoms with Crippen molar-refractivity contribution in [1.29, 1.82) is 0 Å². The molecule has 25 heavy (non-hydrogen) atoms. The molecule has 6 nitrogen and oxygen atoms in total. The highest BCUT2D eigenvalue weighted by atomic mass is 32.2. The molecular weight excluding hydrogens is 358 g/mol. The summed E-state index contributed by atoms with van der Waals surface area (Å²) in [6.07, 6.45) is 4.64. The van der Waals surface area contributed by atoms with Gasteiger partial charge in [-0.2, -0.15) is 4.31 Å². The lowest BCUT2D eigenvalue weighted by Crippen LogP contribution is -2.39. The SMILES string of the molecule is CCCCC(CN)NC(=O)c1ccc(S(=O)(=O)N2CCC(C)CC2)s1. The van der Waals surface area contributed by atoms with Crippen LogP contribution in [0.15, 0.2) is 16.3 Å². The van der Waals surface area contributed by atoms with Crippen LogP contribution in [0.25, 0.3) is 0 Å². The molecule has 1 fully saturated rings. The zero-order valence-electron chi connectivity index (χ0n) is 15.0. The molecule has 1 unspecified atom stereocenters. The lowest BCUT2D eigenvalue weighted by molar-refractivity contribution is 0.0940. The maximum Gasteiger partial charge on any atom is 0.261 e. The van der Waals surface area contributed by atoms with Crippen LogP contribution in [0.3, 0.4) is 0 Å². The van der Waals surface area contributed by atoms with Gasteiger partial charge < -0.3 is 11.1 Å². The lowest BCUT2D eigenvalue weighted by atomic mass is 10.0. The maximum atomic E-state index is 12.7. The average Bonchev–Trinajstić information content (AvgIpc) is 3.10. The number of rotatable bonds is 8. The summed E-state index contributed by atoms with van der Waals surface area (Å²) >= 11 is 1.04. The molecule has 0 aromatic carbocycles. The van der Waals surface area contributed by atoms with Gasteiger partial charge in [0.15, 0.2) is 0 Å². The number of piperidine rings is 1. The zero-order chi connectivity index (χ0) is 18.4. The standard InChI is InChI=1S/C17H29N3O3S2/c1-3-4-5-14(12-18)19-17(21)15-6-7-16(24-15)25(22,23)20-10-8-13(2)9-11-20/h6-7,13-14H,3-5,8-12,18H2,1-2H3,(H,19,21). The second-order valence-corrected chi connectivity index (χ2v) is 10.0. The summed E-state index contributed by atoms with van der Waals surface area (Å²) in [6, 6.07) is 3.06. The number of amides is 1. The third-order valence-corrected chi connectivity index (χ3v) is 8.12. The van der Waals surface area contributed by atoms with Gasteiger partial charge in [-0.25, -0.2) is 8.42 Å². The monoisotopic (exact) mass is 387 g/mol. The van der Waals surface area contributed by atoms with E-state index in [1.807, 2.05) is 0 Å². The Morgan fingerprint density at radius 3 is 2.68 bits per heavy atom. The van der Waals surface area contributed by atoms with Crippen molar-refractivity contribution in [1.82, 2.24) is 9.62 Å². The van der Waals surface area contributed by atoms with Gasteiger partial charge in [0.05, 0.1) is 4.88 Å². The first-order valence-electron chi connectivity index (χ1n) is 8.99. The van der Waals surface area contributed by atoms with Gasteiger partial charge in [0.25, 0.3) is 15.9 Å². The van der Waals surface area contributed by atoms with Crippen LogP contribution in [0, 0.1) is 5.92 Å². The lowest BCUT2D eigenvalue weighted by Gasteiger charge is -2.28. The molecule has 1 atom stereocenters. The van der Waals surface area contributed by atoms with Crippen molar-refractivity contribution in [2.75, 3.05) is 19.6 Å². The van der Waals surface area contributed by atoms with Gasteiger partial charge in [-0.15, -0.1) is 11.3 Å². The number of sulfonamides is 1. The number of hydrogen-bond donors (Lipinski definition) is 2. The molecule has 2 heterocycles. The smallest absolute Gasteiger partial charge is 0.261 e. The van der Waals surface area contributed by atoms with Crippen LogP contribution >= 0.6 is 11.3 Å². The third kappa shape index (κ3) is 5.26. The van der Waals surface area contributed by atoms with Crippen molar-refractivity contribution in [2.45, 2.75) is 56.2 Å². The number of nitrogens with two attached hydrogens (primary N) is 1. The summed E-state index contributed by atoms with van der Waals surface area (Å²) in [5, 5.41) is 2.91. The predicted octanol–water partition coefficient (Wildman–Crippen LogP) is 2.42. The van der Waals surface area contributed by atoms with Crippen LogP contribution in [-0.4, -0.2) is 44.3 Å². The fourth-order valence-electron chi connectivity index (χ4n) is 2.89. The van der Waals surface area contributed by atoms with E-state index in [4.69, 9.17) is 5.73 Å². The van der Waals surface area contributed by atoms with Gasteiger partial charge in [0.1, 0.15) is 4.21 Å². The van der Waals surface area contributed by atoms with Gasteiger partial charge in [0, 0.05) is 25.7 Å². The molecule has 2 rings (SSSR count). The summed E-state index contributed by atoms with van der Waals surface area (Å²) in [5.41, 5.74) is 5.71. The van der Waals surface area contributed by atoms with Gasteiger partial charge in [0.2, 0.25) is 0 Å². The Balaban J connectivity index is 2.04. The summed E-state index contributed by atoms with van der Waals surface area (Å²) in [7, 11) is -3.50. The van der Waals surface area contributed by atoms with E-state index in [1.165, 1.54) is 10.4 Å². The Kier molecular flexibility index (Phi) is 7.42. The van der Waals surface area contributed by atoms with Crippen molar-refractivity contribution >= 4 is 27.3 Å². The van der Waals surface area contributed by atoms with E-state index in [1.54, 1.807) is 6.07 Å². The number of nitrogens with one attached hydrogen (secondary N) is 1. The van der Waals surface area contributed by atoms with Crippen LogP contribution in [0.5, 0.6) is 0 Å². The molecule has 1 aliphatic rings. The Labute approximate surface area is 154 Å². The van der Waals surface area contributed by atoms with Crippen molar-refractivity contribution in [2.24, 2.45) is 11.7 Å². The topological polar surface area (TPSA) is 92.5 Å². The van der Waals surface area contributed by atoms with Crippen molar-refractivity contribution < 1.29 is 13.2 Å². The molecule has 1 aliphatic heterocycles. The number of hydrogen-bond acceptors (Lipinski definition) is 5. The maximum absolute atomic E-state index is 12.7. The van der Waals surface area contributed by atoms with Crippen LogP contribution < -0.4 is 11.1 Å². The molecule has 1 amide bonds. The zero-order valence-corrected chi connectivity index (χ0v) is 16.7. The fourth-order valence-corrected chi connectivity index (χ4v) is 5.72. The molecule has 1 aromatic rings. The van der Waals surface area contributed by atoms with Crippen LogP contribution in [-0.2, 0) is 10.0 Å². The highest BCUT2D eigenvalue weighted by molar-refractivity contribution is 7.91. The summed E-state index contributed by atoms with van der Waals surface area (Å²) < 4.78 is 27.2. The number of nitrogens with zero attached hydrogens (tertiary/aromatic N) is 1. The molecule has 0 spiro atoms. The highest BCUT2D eigenvalue weighted by Gasteiger charge is 2.30. The van der Waals surface area contributed by atoms with Crippen molar-refractivity contribution in [3.63, 3.8) is 0 Å². The van der Waals surface area contributed by atoms with Crippen molar-refractivity contribution in [3.8, 4) is 0 Å². The average molecular weight is 388 g/mol. The van der Waals surface area contributed by atoms with E-state index >= 15 is 0 Å². The number of unbranched alkanes of at least 4 members (excludes halogenated alkanes) is 1. The molecular formula is C17H29N3O3S2. The van der Waals surface area contributed by atoms with Gasteiger partial charge in [-0.05, 0) is 37.3 Å². The quantitative estimate of drug-likeness (QED) is 0.716. The van der Waals surface area contributed by atoms with E-state index in [-0.39, 0.29) is 16.2 Å². The fraction of sp³-hybridized carbons (Fsp3) is 0.706. The normalized spacial score (nSPS) is 18.2. The predicted molar refractivity (Wildman–Crippen MR) is 101 cm³/mol. The Morgan fingerprint density at radius 2 is 2.08 bits per heavy atom. The van der Waals surface area contributed by atoms with E-state index in [9.17, 15) is 13.2 Å². The molecule has 0 aliphatic carbocycles. The molecule has 0 saturated carbocycles. The summed E-state index contributed by atoms with van der Waals surface area (Å²) in [5.74, 6) is 0.317. The molecule has 142 valence electrons. The van der Waals surface area contributed by atoms with Gasteiger partial charge in [-0.3, -0.25) is 4.79 Å². The number of carbonyl (C=O) groups is 1. The van der Waals surface area contributed by atoms with E-state index in [2.05, 4.69) is 19.2 Å². The third-order valence-electron chi connectivity index (χ3n) is 4.67. The summed E-state index contributed by atoms with van der Waals surface area (Å²) in [6.45, 7) is 5.72. The Bertz CT molecular complexity index is 664. The molecule has 3 N–H and O–H groups in total. The van der Waals surface area contributed by atoms with Gasteiger partial charge >= 0.3 is 0 Å². The first-order valence-corrected chi connectivity index (χ1v) is 11.2. The van der Waals surface area contributed by atoms with E-state index < -0.39 is 10.0 Å². The number of carbonyl (C=O) groups excluding carboxylic acids is 1. The highest BCUT2D eigenvalue weighted by Crippen LogP contribution is 2.28. The second-order valence-electron chi connectivity index (χ2n) is 6.75. The van der Waals surface area contributed by atoms with Crippen LogP contribution in [0.1, 0.15) is 55.6 Å². The minimum Gasteiger partial charge on any atom is -0.347 e. The minimum absolute atomic E-state index is 0.0711. The van der Waals surface area contributed by atoms with Crippen LogP contribution in [0.2, 0.25) is 0 Å². The molecule has 1 saturated heterocycles. The Morgan fingerprint density at radius 1 is 1.40 bits per heavy atom. The minimum atomic E-state index is -3.50. The van der Waals surface area contributed by atoms with Crippen LogP contribution in [0.4, 0.5) is 0 Å². The molecule has 1 aromatic heterocycles. The van der Waals surface area contributed by atoms with E-state index in [0.717, 1.165) is 43.4 Å². The molecule has 8 heteroatoms.